The topological polar surface area (TPSA) is 72.2 Å². The third kappa shape index (κ3) is 5.55. The summed E-state index contributed by atoms with van der Waals surface area (Å²) in [7, 11) is 0. The van der Waals surface area contributed by atoms with Gasteiger partial charge in [-0.3, -0.25) is 9.59 Å². The number of hydrogen-bond acceptors (Lipinski definition) is 2. The van der Waals surface area contributed by atoms with Crippen molar-refractivity contribution in [3.8, 4) is 0 Å². The second-order valence-corrected chi connectivity index (χ2v) is 4.61. The molecule has 0 saturated heterocycles. The van der Waals surface area contributed by atoms with E-state index in [-0.39, 0.29) is 5.91 Å². The van der Waals surface area contributed by atoms with Crippen molar-refractivity contribution in [3.63, 3.8) is 0 Å². The molecule has 0 radical (unpaired) electrons. The van der Waals surface area contributed by atoms with Gasteiger partial charge in [-0.1, -0.05) is 32.6 Å². The highest BCUT2D eigenvalue weighted by Crippen LogP contribution is 2.05. The maximum Gasteiger partial charge on any atom is 0.251 e. The summed E-state index contributed by atoms with van der Waals surface area (Å²) in [5, 5.41) is 2.87. The minimum absolute atomic E-state index is 0.105. The Balaban J connectivity index is 2.31. The molecule has 0 aliphatic carbocycles. The fourth-order valence-corrected chi connectivity index (χ4v) is 1.82. The molecule has 1 aromatic carbocycles. The van der Waals surface area contributed by atoms with E-state index in [0.717, 1.165) is 12.8 Å². The van der Waals surface area contributed by atoms with Crippen LogP contribution in [-0.4, -0.2) is 18.4 Å². The highest BCUT2D eigenvalue weighted by molar-refractivity contribution is 5.97. The molecule has 0 saturated carbocycles. The van der Waals surface area contributed by atoms with Crippen LogP contribution in [0.15, 0.2) is 24.3 Å². The minimum Gasteiger partial charge on any atom is -0.366 e. The van der Waals surface area contributed by atoms with Gasteiger partial charge < -0.3 is 11.1 Å². The highest BCUT2D eigenvalue weighted by atomic mass is 16.2. The molecule has 0 bridgehead atoms. The van der Waals surface area contributed by atoms with Crippen molar-refractivity contribution < 1.29 is 9.59 Å². The number of rotatable bonds is 8. The molecule has 104 valence electrons. The molecule has 0 aromatic heterocycles. The van der Waals surface area contributed by atoms with Crippen LogP contribution < -0.4 is 11.1 Å². The molecule has 2 amide bonds. The first-order valence-electron chi connectivity index (χ1n) is 6.83. The maximum atomic E-state index is 11.8. The van der Waals surface area contributed by atoms with Crippen molar-refractivity contribution >= 4 is 11.8 Å². The number of amides is 2. The van der Waals surface area contributed by atoms with Gasteiger partial charge in [-0.15, -0.1) is 0 Å². The Kier molecular flexibility index (Phi) is 6.64. The lowest BCUT2D eigenvalue weighted by molar-refractivity contribution is 0.0950. The Morgan fingerprint density at radius 1 is 1.00 bits per heavy atom. The van der Waals surface area contributed by atoms with Crippen molar-refractivity contribution in [1.29, 1.82) is 0 Å². The summed E-state index contributed by atoms with van der Waals surface area (Å²) in [6.07, 6.45) is 5.85. The predicted octanol–water partition coefficient (Wildman–Crippen LogP) is 2.49. The zero-order valence-corrected chi connectivity index (χ0v) is 11.4. The average molecular weight is 262 g/mol. The highest BCUT2D eigenvalue weighted by Gasteiger charge is 2.06. The number of benzene rings is 1. The van der Waals surface area contributed by atoms with Gasteiger partial charge in [0.2, 0.25) is 5.91 Å². The van der Waals surface area contributed by atoms with Gasteiger partial charge in [-0.2, -0.15) is 0 Å². The molecular formula is C15H22N2O2. The Labute approximate surface area is 114 Å². The van der Waals surface area contributed by atoms with E-state index < -0.39 is 5.91 Å². The fraction of sp³-hybridized carbons (Fsp3) is 0.467. The summed E-state index contributed by atoms with van der Waals surface area (Å²) < 4.78 is 0. The van der Waals surface area contributed by atoms with E-state index in [4.69, 9.17) is 5.73 Å². The number of unbranched alkanes of at least 4 members (excludes halogenated alkanes) is 4. The van der Waals surface area contributed by atoms with Gasteiger partial charge in [0.15, 0.2) is 0 Å². The molecule has 0 unspecified atom stereocenters. The zero-order valence-electron chi connectivity index (χ0n) is 11.4. The molecule has 1 rings (SSSR count). The van der Waals surface area contributed by atoms with E-state index in [2.05, 4.69) is 12.2 Å². The summed E-state index contributed by atoms with van der Waals surface area (Å²) in [6, 6.07) is 6.37. The van der Waals surface area contributed by atoms with Crippen molar-refractivity contribution in [2.24, 2.45) is 5.73 Å². The summed E-state index contributed by atoms with van der Waals surface area (Å²) in [5.41, 5.74) is 6.11. The van der Waals surface area contributed by atoms with Crippen molar-refractivity contribution in [2.75, 3.05) is 6.54 Å². The van der Waals surface area contributed by atoms with E-state index >= 15 is 0 Å². The lowest BCUT2D eigenvalue weighted by Crippen LogP contribution is -2.24. The van der Waals surface area contributed by atoms with E-state index in [1.165, 1.54) is 19.3 Å². The third-order valence-corrected chi connectivity index (χ3v) is 3.00. The number of nitrogens with two attached hydrogens (primary N) is 1. The molecule has 3 N–H and O–H groups in total. The Hall–Kier alpha value is -1.84. The number of carbonyl (C=O) groups excluding carboxylic acids is 2. The third-order valence-electron chi connectivity index (χ3n) is 3.00. The Morgan fingerprint density at radius 3 is 2.16 bits per heavy atom. The van der Waals surface area contributed by atoms with Gasteiger partial charge in [0.05, 0.1) is 0 Å². The molecule has 0 atom stereocenters. The second-order valence-electron chi connectivity index (χ2n) is 4.61. The van der Waals surface area contributed by atoms with Gasteiger partial charge in [-0.05, 0) is 30.7 Å². The quantitative estimate of drug-likeness (QED) is 0.706. The van der Waals surface area contributed by atoms with Crippen LogP contribution in [0.1, 0.15) is 59.7 Å². The van der Waals surface area contributed by atoms with Gasteiger partial charge >= 0.3 is 0 Å². The maximum absolute atomic E-state index is 11.8. The van der Waals surface area contributed by atoms with E-state index in [1.807, 2.05) is 0 Å². The largest absolute Gasteiger partial charge is 0.366 e. The lowest BCUT2D eigenvalue weighted by Gasteiger charge is -2.05. The smallest absolute Gasteiger partial charge is 0.251 e. The first-order valence-corrected chi connectivity index (χ1v) is 6.83. The van der Waals surface area contributed by atoms with Crippen LogP contribution in [0.4, 0.5) is 0 Å². The van der Waals surface area contributed by atoms with Crippen molar-refractivity contribution in [3.05, 3.63) is 35.4 Å². The molecule has 0 aliphatic heterocycles. The Bertz CT molecular complexity index is 413. The van der Waals surface area contributed by atoms with Crippen molar-refractivity contribution in [1.82, 2.24) is 5.32 Å². The molecular weight excluding hydrogens is 240 g/mol. The summed E-state index contributed by atoms with van der Waals surface area (Å²) in [6.45, 7) is 2.87. The van der Waals surface area contributed by atoms with Crippen molar-refractivity contribution in [2.45, 2.75) is 39.0 Å². The average Bonchev–Trinajstić information content (AvgIpc) is 2.42. The molecule has 1 aromatic rings. The van der Waals surface area contributed by atoms with E-state index in [9.17, 15) is 9.59 Å². The van der Waals surface area contributed by atoms with Gasteiger partial charge in [0, 0.05) is 17.7 Å². The number of carbonyl (C=O) groups is 2. The first-order chi connectivity index (χ1) is 9.15. The summed E-state index contributed by atoms with van der Waals surface area (Å²) >= 11 is 0. The minimum atomic E-state index is -0.483. The normalized spacial score (nSPS) is 10.2. The van der Waals surface area contributed by atoms with E-state index in [0.29, 0.717) is 17.7 Å². The predicted molar refractivity (Wildman–Crippen MR) is 76.1 cm³/mol. The van der Waals surface area contributed by atoms with Crippen LogP contribution in [0.5, 0.6) is 0 Å². The van der Waals surface area contributed by atoms with Gasteiger partial charge in [0.25, 0.3) is 5.91 Å². The SMILES string of the molecule is CCCCCCCNC(=O)c1ccc(C(N)=O)cc1. The van der Waals surface area contributed by atoms with Crippen LogP contribution in [0.25, 0.3) is 0 Å². The number of hydrogen-bond donors (Lipinski definition) is 2. The molecule has 0 heterocycles. The molecule has 0 fully saturated rings. The van der Waals surface area contributed by atoms with Gasteiger partial charge in [0.1, 0.15) is 0 Å². The number of primary amides is 1. The monoisotopic (exact) mass is 262 g/mol. The summed E-state index contributed by atoms with van der Waals surface area (Å²) in [4.78, 5) is 22.7. The van der Waals surface area contributed by atoms with Crippen LogP contribution >= 0.6 is 0 Å². The van der Waals surface area contributed by atoms with E-state index in [1.54, 1.807) is 24.3 Å². The number of nitrogens with one attached hydrogen (secondary N) is 1. The molecule has 0 spiro atoms. The van der Waals surface area contributed by atoms with Crippen LogP contribution in [0, 0.1) is 0 Å². The van der Waals surface area contributed by atoms with Crippen LogP contribution in [0.2, 0.25) is 0 Å². The molecule has 19 heavy (non-hydrogen) atoms. The fourth-order valence-electron chi connectivity index (χ4n) is 1.82. The summed E-state index contributed by atoms with van der Waals surface area (Å²) in [5.74, 6) is -0.589. The van der Waals surface area contributed by atoms with Crippen LogP contribution in [0.3, 0.4) is 0 Å². The second kappa shape index (κ2) is 8.29. The zero-order chi connectivity index (χ0) is 14.1. The van der Waals surface area contributed by atoms with Gasteiger partial charge in [-0.25, -0.2) is 0 Å². The molecule has 4 heteroatoms. The first kappa shape index (κ1) is 15.2. The lowest BCUT2D eigenvalue weighted by atomic mass is 10.1. The standard InChI is InChI=1S/C15H22N2O2/c1-2-3-4-5-6-11-17-15(19)13-9-7-12(8-10-13)14(16)18/h7-10H,2-6,11H2,1H3,(H2,16,18)(H,17,19). The molecule has 4 nitrogen and oxygen atoms in total. The molecule has 0 aliphatic rings. The van der Waals surface area contributed by atoms with Crippen LogP contribution in [-0.2, 0) is 0 Å². The Morgan fingerprint density at radius 2 is 1.58 bits per heavy atom.